The summed E-state index contributed by atoms with van der Waals surface area (Å²) in [5.74, 6) is -0.345. The molecule has 5 heteroatoms. The van der Waals surface area contributed by atoms with E-state index >= 15 is 0 Å². The summed E-state index contributed by atoms with van der Waals surface area (Å²) in [5.41, 5.74) is 13.5. The highest BCUT2D eigenvalue weighted by atomic mass is 16.3. The van der Waals surface area contributed by atoms with Crippen LogP contribution in [0.1, 0.15) is 32.6 Å². The van der Waals surface area contributed by atoms with Crippen molar-refractivity contribution in [2.45, 2.75) is 25.4 Å². The zero-order valence-corrected chi connectivity index (χ0v) is 24.4. The van der Waals surface area contributed by atoms with E-state index in [1.807, 2.05) is 78.9 Å². The quantitative estimate of drug-likeness (QED) is 0.199. The van der Waals surface area contributed by atoms with Crippen molar-refractivity contribution in [3.8, 4) is 11.1 Å². The molecule has 0 aliphatic carbocycles. The maximum Gasteiger partial charge on any atom is 0.251 e. The second kappa shape index (κ2) is 13.4. The highest BCUT2D eigenvalue weighted by Gasteiger charge is 2.24. The van der Waals surface area contributed by atoms with Crippen molar-refractivity contribution in [1.29, 1.82) is 0 Å². The predicted molar refractivity (Wildman–Crippen MR) is 169 cm³/mol. The molecule has 4 N–H and O–H groups in total. The third-order valence-corrected chi connectivity index (χ3v) is 7.28. The molecule has 4 aromatic carbocycles. The molecule has 0 saturated carbocycles. The lowest BCUT2D eigenvalue weighted by molar-refractivity contribution is -0.884. The molecule has 1 amide bonds. The predicted octanol–water partition coefficient (Wildman–Crippen LogP) is 5.68. The average molecular weight is 549 g/mol. The summed E-state index contributed by atoms with van der Waals surface area (Å²) in [6.07, 6.45) is 1.20. The third kappa shape index (κ3) is 8.65. The first-order valence-electron chi connectivity index (χ1n) is 14.1. The average Bonchev–Trinajstić information content (AvgIpc) is 2.95. The minimum atomic E-state index is -0.272. The standard InChI is InChI=1S/C36H41N3O2/c1-26(37)32-14-8-12-28(20-32)21-34(25-40)35(23-27-10-6-5-7-11-27)38-36(41)31-18-16-30(17-19-31)33-15-9-13-29(22-33)24-39(2,3)4/h5-20,22,34-35,40H,1,21,23-25,37H2,2-4H3/p+1. The van der Waals surface area contributed by atoms with Crippen molar-refractivity contribution >= 4 is 11.6 Å². The lowest BCUT2D eigenvalue weighted by atomic mass is 9.88. The van der Waals surface area contributed by atoms with Crippen LogP contribution in [0.4, 0.5) is 0 Å². The summed E-state index contributed by atoms with van der Waals surface area (Å²) in [5, 5.41) is 13.7. The number of rotatable bonds is 12. The van der Waals surface area contributed by atoms with Gasteiger partial charge in [0.1, 0.15) is 6.54 Å². The second-order valence-electron chi connectivity index (χ2n) is 11.9. The Balaban J connectivity index is 1.53. The first-order chi connectivity index (χ1) is 19.6. The Morgan fingerprint density at radius 1 is 0.780 bits per heavy atom. The summed E-state index contributed by atoms with van der Waals surface area (Å²) < 4.78 is 0.856. The van der Waals surface area contributed by atoms with Crippen molar-refractivity contribution in [2.75, 3.05) is 27.7 Å². The van der Waals surface area contributed by atoms with Gasteiger partial charge in [-0.3, -0.25) is 4.79 Å². The van der Waals surface area contributed by atoms with Gasteiger partial charge in [-0.1, -0.05) is 85.4 Å². The summed E-state index contributed by atoms with van der Waals surface area (Å²) in [6.45, 7) is 4.72. The molecule has 0 bridgehead atoms. The van der Waals surface area contributed by atoms with E-state index in [1.165, 1.54) is 5.56 Å². The molecular weight excluding hydrogens is 506 g/mol. The van der Waals surface area contributed by atoms with E-state index in [-0.39, 0.29) is 24.5 Å². The summed E-state index contributed by atoms with van der Waals surface area (Å²) >= 11 is 0. The molecule has 41 heavy (non-hydrogen) atoms. The highest BCUT2D eigenvalue weighted by Crippen LogP contribution is 2.23. The van der Waals surface area contributed by atoms with Crippen LogP contribution >= 0.6 is 0 Å². The topological polar surface area (TPSA) is 75.3 Å². The van der Waals surface area contributed by atoms with Gasteiger partial charge in [-0.15, -0.1) is 0 Å². The molecule has 2 atom stereocenters. The van der Waals surface area contributed by atoms with Gasteiger partial charge in [0.25, 0.3) is 5.91 Å². The fourth-order valence-electron chi connectivity index (χ4n) is 5.20. The normalized spacial score (nSPS) is 12.9. The molecule has 0 spiro atoms. The molecule has 0 fully saturated rings. The van der Waals surface area contributed by atoms with Crippen LogP contribution in [0.2, 0.25) is 0 Å². The Morgan fingerprint density at radius 2 is 1.44 bits per heavy atom. The maximum absolute atomic E-state index is 13.5. The van der Waals surface area contributed by atoms with E-state index < -0.39 is 0 Å². The van der Waals surface area contributed by atoms with Gasteiger partial charge in [0.2, 0.25) is 0 Å². The molecule has 212 valence electrons. The molecule has 4 rings (SSSR count). The Morgan fingerprint density at radius 3 is 2.10 bits per heavy atom. The first-order valence-corrected chi connectivity index (χ1v) is 14.1. The van der Waals surface area contributed by atoms with Crippen molar-refractivity contribution in [2.24, 2.45) is 11.7 Å². The van der Waals surface area contributed by atoms with Crippen molar-refractivity contribution in [1.82, 2.24) is 5.32 Å². The molecular formula is C36H42N3O2+. The van der Waals surface area contributed by atoms with Gasteiger partial charge < -0.3 is 20.6 Å². The van der Waals surface area contributed by atoms with E-state index in [0.717, 1.165) is 38.8 Å². The number of quaternary nitrogens is 1. The summed E-state index contributed by atoms with van der Waals surface area (Å²) in [4.78, 5) is 13.5. The molecule has 0 radical (unpaired) electrons. The molecule has 4 aromatic rings. The number of hydrogen-bond acceptors (Lipinski definition) is 3. The lowest BCUT2D eigenvalue weighted by Crippen LogP contribution is -2.44. The van der Waals surface area contributed by atoms with Crippen LogP contribution in [0, 0.1) is 5.92 Å². The summed E-state index contributed by atoms with van der Waals surface area (Å²) in [7, 11) is 6.54. The van der Waals surface area contributed by atoms with Gasteiger partial charge in [0.15, 0.2) is 0 Å². The van der Waals surface area contributed by atoms with Gasteiger partial charge in [-0.25, -0.2) is 0 Å². The number of benzene rings is 4. The van der Waals surface area contributed by atoms with Crippen LogP contribution in [0.5, 0.6) is 0 Å². The molecule has 0 aliphatic heterocycles. The van der Waals surface area contributed by atoms with Crippen LogP contribution in [-0.4, -0.2) is 49.3 Å². The molecule has 2 unspecified atom stereocenters. The van der Waals surface area contributed by atoms with E-state index in [2.05, 4.69) is 57.3 Å². The number of nitrogens with zero attached hydrogens (tertiary/aromatic N) is 1. The fourth-order valence-corrected chi connectivity index (χ4v) is 5.20. The van der Waals surface area contributed by atoms with Crippen LogP contribution < -0.4 is 11.1 Å². The second-order valence-corrected chi connectivity index (χ2v) is 11.9. The van der Waals surface area contributed by atoms with Gasteiger partial charge in [-0.2, -0.15) is 0 Å². The van der Waals surface area contributed by atoms with Crippen LogP contribution in [-0.2, 0) is 19.4 Å². The Bertz CT molecular complexity index is 1460. The van der Waals surface area contributed by atoms with Gasteiger partial charge >= 0.3 is 0 Å². The first kappa shape index (κ1) is 29.8. The Labute approximate surface area is 244 Å². The zero-order chi connectivity index (χ0) is 29.4. The number of aliphatic hydroxyl groups excluding tert-OH is 1. The minimum Gasteiger partial charge on any atom is -0.399 e. The zero-order valence-electron chi connectivity index (χ0n) is 24.4. The van der Waals surface area contributed by atoms with Gasteiger partial charge in [0, 0.05) is 35.4 Å². The fraction of sp³-hybridized carbons (Fsp3) is 0.250. The van der Waals surface area contributed by atoms with Gasteiger partial charge in [-0.05, 0) is 64.9 Å². The SMILES string of the molecule is C=C(N)c1cccc(CC(CO)C(Cc2ccccc2)NC(=O)c2ccc(-c3cccc(C[N+](C)(C)C)c3)cc2)c1. The van der Waals surface area contributed by atoms with E-state index in [9.17, 15) is 9.90 Å². The number of hydrogen-bond donors (Lipinski definition) is 3. The van der Waals surface area contributed by atoms with Crippen LogP contribution in [0.15, 0.2) is 110 Å². The maximum atomic E-state index is 13.5. The summed E-state index contributed by atoms with van der Waals surface area (Å²) in [6, 6.07) is 34.0. The monoisotopic (exact) mass is 548 g/mol. The molecule has 0 aromatic heterocycles. The van der Waals surface area contributed by atoms with E-state index in [1.54, 1.807) is 0 Å². The van der Waals surface area contributed by atoms with E-state index in [4.69, 9.17) is 5.73 Å². The molecule has 0 aliphatic rings. The van der Waals surface area contributed by atoms with Crippen LogP contribution in [0.25, 0.3) is 16.8 Å². The smallest absolute Gasteiger partial charge is 0.251 e. The number of carbonyl (C=O) groups excluding carboxylic acids is 1. The number of aliphatic hydroxyl groups is 1. The van der Waals surface area contributed by atoms with Crippen molar-refractivity contribution in [3.05, 3.63) is 138 Å². The molecule has 0 heterocycles. The molecule has 5 nitrogen and oxygen atoms in total. The Hall–Kier alpha value is -4.19. The number of carbonyl (C=O) groups is 1. The Kier molecular flexibility index (Phi) is 9.77. The van der Waals surface area contributed by atoms with Gasteiger partial charge in [0.05, 0.1) is 21.1 Å². The largest absolute Gasteiger partial charge is 0.399 e. The van der Waals surface area contributed by atoms with Crippen LogP contribution in [0.3, 0.4) is 0 Å². The third-order valence-electron chi connectivity index (χ3n) is 7.28. The number of nitrogens with two attached hydrogens (primary N) is 1. The number of amides is 1. The number of nitrogens with one attached hydrogen (secondary N) is 1. The molecule has 0 saturated heterocycles. The van der Waals surface area contributed by atoms with E-state index in [0.29, 0.717) is 24.1 Å². The van der Waals surface area contributed by atoms with Crippen molar-refractivity contribution < 1.29 is 14.4 Å². The lowest BCUT2D eigenvalue weighted by Gasteiger charge is -2.27. The highest BCUT2D eigenvalue weighted by molar-refractivity contribution is 5.95. The minimum absolute atomic E-state index is 0.0614. The van der Waals surface area contributed by atoms with Crippen molar-refractivity contribution in [3.63, 3.8) is 0 Å².